The lowest BCUT2D eigenvalue weighted by Gasteiger charge is -2.24. The third kappa shape index (κ3) is 8.34. The van der Waals surface area contributed by atoms with Crippen LogP contribution in [0.25, 0.3) is 0 Å². The third-order valence-corrected chi connectivity index (χ3v) is 7.58. The average Bonchev–Trinajstić information content (AvgIpc) is 3.52. The summed E-state index contributed by atoms with van der Waals surface area (Å²) in [5.74, 6) is -0.914. The van der Waals surface area contributed by atoms with E-state index in [4.69, 9.17) is 16.5 Å². The summed E-state index contributed by atoms with van der Waals surface area (Å²) < 4.78 is 0. The monoisotopic (exact) mass is 570 g/mol. The summed E-state index contributed by atoms with van der Waals surface area (Å²) in [5.41, 5.74) is 11.2. The zero-order valence-electron chi connectivity index (χ0n) is 24.6. The number of carbonyl (C=O) groups excluding carboxylic acids is 4. The zero-order valence-corrected chi connectivity index (χ0v) is 24.6. The standard InChI is InChI=1S/C29H46N8O4/c1-5-20-23(38)36-22(19-12-7-6-8-13-19)25(40)32-16-10-9-15-29(4)27(37(29)26(41)18(2)3)35-21(24(39)34-20)14-11-17-33-28(30)31/h6-8,12-13,18,20-22,28,33H,5,9-11,14-17,30-31H2,1-4H3,(H,32,40)(H,34,39)(H,36,38). The molecule has 1 aromatic rings. The van der Waals surface area contributed by atoms with Crippen molar-refractivity contribution in [3.05, 3.63) is 35.9 Å². The Morgan fingerprint density at radius 1 is 1.10 bits per heavy atom. The summed E-state index contributed by atoms with van der Waals surface area (Å²) in [6.45, 7) is 8.32. The number of aliphatic imine (C=N–C) groups is 1. The summed E-state index contributed by atoms with van der Waals surface area (Å²) in [6, 6.07) is 6.40. The van der Waals surface area contributed by atoms with Gasteiger partial charge in [0, 0.05) is 12.5 Å². The predicted molar refractivity (Wildman–Crippen MR) is 157 cm³/mol. The van der Waals surface area contributed by atoms with E-state index >= 15 is 0 Å². The van der Waals surface area contributed by atoms with Crippen LogP contribution in [-0.2, 0) is 19.2 Å². The topological polar surface area (TPSA) is 184 Å². The Morgan fingerprint density at radius 2 is 1.80 bits per heavy atom. The zero-order chi connectivity index (χ0) is 30.2. The quantitative estimate of drug-likeness (QED) is 0.150. The number of carbonyl (C=O) groups is 4. The molecule has 1 aromatic carbocycles. The van der Waals surface area contributed by atoms with E-state index < -0.39 is 41.8 Å². The van der Waals surface area contributed by atoms with Crippen LogP contribution >= 0.6 is 0 Å². The second-order valence-electron chi connectivity index (χ2n) is 11.3. The summed E-state index contributed by atoms with van der Waals surface area (Å²) in [4.78, 5) is 59.8. The maximum atomic E-state index is 13.6. The molecule has 12 heteroatoms. The van der Waals surface area contributed by atoms with Gasteiger partial charge < -0.3 is 27.4 Å². The fourth-order valence-corrected chi connectivity index (χ4v) is 5.06. The number of benzene rings is 1. The van der Waals surface area contributed by atoms with Gasteiger partial charge in [0.05, 0.1) is 0 Å². The van der Waals surface area contributed by atoms with Crippen molar-refractivity contribution in [1.82, 2.24) is 26.2 Å². The highest BCUT2D eigenvalue weighted by molar-refractivity contribution is 6.18. The molecule has 2 aliphatic rings. The van der Waals surface area contributed by atoms with Crippen molar-refractivity contribution < 1.29 is 19.2 Å². The van der Waals surface area contributed by atoms with Crippen molar-refractivity contribution in [3.63, 3.8) is 0 Å². The van der Waals surface area contributed by atoms with Gasteiger partial charge in [-0.3, -0.25) is 34.4 Å². The van der Waals surface area contributed by atoms with E-state index in [1.807, 2.05) is 26.8 Å². The van der Waals surface area contributed by atoms with Gasteiger partial charge >= 0.3 is 0 Å². The molecular formula is C29H46N8O4. The molecule has 0 bridgehead atoms. The van der Waals surface area contributed by atoms with Gasteiger partial charge in [-0.15, -0.1) is 0 Å². The Balaban J connectivity index is 1.92. The minimum Gasteiger partial charge on any atom is -0.354 e. The summed E-state index contributed by atoms with van der Waals surface area (Å²) in [6.07, 6.45) is 2.60. The van der Waals surface area contributed by atoms with Crippen molar-refractivity contribution in [2.24, 2.45) is 22.4 Å². The maximum absolute atomic E-state index is 13.6. The van der Waals surface area contributed by atoms with Gasteiger partial charge in [0.15, 0.2) is 0 Å². The van der Waals surface area contributed by atoms with Crippen molar-refractivity contribution in [1.29, 1.82) is 0 Å². The molecule has 0 aromatic heterocycles. The normalized spacial score (nSPS) is 26.1. The first-order chi connectivity index (χ1) is 19.5. The molecular weight excluding hydrogens is 524 g/mol. The molecule has 1 saturated heterocycles. The fourth-order valence-electron chi connectivity index (χ4n) is 5.06. The second kappa shape index (κ2) is 14.5. The van der Waals surface area contributed by atoms with Gasteiger partial charge in [0.25, 0.3) is 0 Å². The van der Waals surface area contributed by atoms with E-state index in [2.05, 4.69) is 21.3 Å². The van der Waals surface area contributed by atoms with Crippen molar-refractivity contribution in [3.8, 4) is 0 Å². The Kier molecular flexibility index (Phi) is 11.4. The van der Waals surface area contributed by atoms with Gasteiger partial charge in [-0.1, -0.05) is 51.1 Å². The van der Waals surface area contributed by atoms with Crippen molar-refractivity contribution in [2.45, 2.75) is 96.2 Å². The number of hydrogen-bond donors (Lipinski definition) is 6. The maximum Gasteiger partial charge on any atom is 0.247 e. The Hall–Kier alpha value is -3.35. The predicted octanol–water partition coefficient (Wildman–Crippen LogP) is 0.634. The van der Waals surface area contributed by atoms with Gasteiger partial charge in [-0.2, -0.15) is 0 Å². The van der Waals surface area contributed by atoms with Gasteiger partial charge in [0.2, 0.25) is 23.6 Å². The molecule has 12 nitrogen and oxygen atoms in total. The van der Waals surface area contributed by atoms with E-state index in [9.17, 15) is 19.2 Å². The van der Waals surface area contributed by atoms with Crippen LogP contribution in [0.1, 0.15) is 77.8 Å². The number of fused-ring (bicyclic) bond motifs is 1. The lowest BCUT2D eigenvalue weighted by atomic mass is 10.0. The van der Waals surface area contributed by atoms with E-state index in [1.165, 1.54) is 0 Å². The molecule has 0 radical (unpaired) electrons. The van der Waals surface area contributed by atoms with Crippen LogP contribution < -0.4 is 32.7 Å². The molecule has 2 heterocycles. The highest BCUT2D eigenvalue weighted by Gasteiger charge is 2.59. The molecule has 0 saturated carbocycles. The first kappa shape index (κ1) is 32.2. The van der Waals surface area contributed by atoms with Gasteiger partial charge in [-0.25, -0.2) is 0 Å². The molecule has 1 fully saturated rings. The Morgan fingerprint density at radius 3 is 2.44 bits per heavy atom. The van der Waals surface area contributed by atoms with E-state index in [0.717, 1.165) is 6.42 Å². The van der Waals surface area contributed by atoms with E-state index in [-0.39, 0.29) is 17.7 Å². The Bertz CT molecular complexity index is 1110. The lowest BCUT2D eigenvalue weighted by Crippen LogP contribution is -2.52. The van der Waals surface area contributed by atoms with Gasteiger partial charge in [0.1, 0.15) is 35.8 Å². The number of nitrogens with two attached hydrogens (primary N) is 2. The number of amides is 4. The van der Waals surface area contributed by atoms with Crippen LogP contribution in [0.5, 0.6) is 0 Å². The van der Waals surface area contributed by atoms with Crippen molar-refractivity contribution >= 4 is 29.5 Å². The van der Waals surface area contributed by atoms with Crippen LogP contribution in [-0.4, -0.2) is 71.4 Å². The van der Waals surface area contributed by atoms with E-state index in [1.54, 1.807) is 36.1 Å². The van der Waals surface area contributed by atoms with Gasteiger partial charge in [-0.05, 0) is 57.6 Å². The molecule has 8 N–H and O–H groups in total. The number of nitrogens with zero attached hydrogens (tertiary/aromatic N) is 2. The van der Waals surface area contributed by atoms with E-state index in [0.29, 0.717) is 56.6 Å². The van der Waals surface area contributed by atoms with Crippen LogP contribution in [0.4, 0.5) is 0 Å². The molecule has 3 rings (SSSR count). The first-order valence-corrected chi connectivity index (χ1v) is 14.6. The summed E-state index contributed by atoms with van der Waals surface area (Å²) in [7, 11) is 0. The SMILES string of the molecule is CCC1NC(=O)C(CCCNC(N)N)N=C2N(C(=O)C(C)C)C2(C)CCCCNC(=O)C(c2ccccc2)NC1=O. The molecule has 226 valence electrons. The third-order valence-electron chi connectivity index (χ3n) is 7.58. The molecule has 0 aliphatic carbocycles. The lowest BCUT2D eigenvalue weighted by molar-refractivity contribution is -0.132. The largest absolute Gasteiger partial charge is 0.354 e. The van der Waals surface area contributed by atoms with Crippen LogP contribution in [0.15, 0.2) is 35.3 Å². The Labute approximate surface area is 242 Å². The van der Waals surface area contributed by atoms with Crippen molar-refractivity contribution in [2.75, 3.05) is 13.1 Å². The molecule has 4 amide bonds. The molecule has 0 spiro atoms. The smallest absolute Gasteiger partial charge is 0.247 e. The molecule has 41 heavy (non-hydrogen) atoms. The fraction of sp³-hybridized carbons (Fsp3) is 0.621. The summed E-state index contributed by atoms with van der Waals surface area (Å²) in [5, 5.41) is 11.5. The minimum atomic E-state index is -0.908. The molecule has 2 aliphatic heterocycles. The number of nitrogens with one attached hydrogen (secondary N) is 4. The molecule has 4 unspecified atom stereocenters. The second-order valence-corrected chi connectivity index (χ2v) is 11.3. The number of amidine groups is 1. The first-order valence-electron chi connectivity index (χ1n) is 14.6. The number of rotatable bonds is 8. The van der Waals surface area contributed by atoms with Crippen LogP contribution in [0.2, 0.25) is 0 Å². The minimum absolute atomic E-state index is 0.0519. The van der Waals surface area contributed by atoms with Crippen LogP contribution in [0.3, 0.4) is 0 Å². The number of hydrogen-bond acceptors (Lipinski definition) is 8. The van der Waals surface area contributed by atoms with Crippen LogP contribution in [0, 0.1) is 5.92 Å². The average molecular weight is 571 g/mol. The highest BCUT2D eigenvalue weighted by Crippen LogP contribution is 2.42. The molecule has 4 atom stereocenters. The highest BCUT2D eigenvalue weighted by atomic mass is 16.2. The summed E-state index contributed by atoms with van der Waals surface area (Å²) >= 11 is 0.